The van der Waals surface area contributed by atoms with Crippen molar-refractivity contribution in [2.45, 2.75) is 31.8 Å². The highest BCUT2D eigenvalue weighted by atomic mass is 16.4. The fourth-order valence-electron chi connectivity index (χ4n) is 2.63. The van der Waals surface area contributed by atoms with Crippen molar-refractivity contribution in [3.63, 3.8) is 0 Å². The van der Waals surface area contributed by atoms with Crippen molar-refractivity contribution in [1.82, 2.24) is 4.90 Å². The Labute approximate surface area is 114 Å². The zero-order valence-corrected chi connectivity index (χ0v) is 11.9. The molecule has 1 heterocycles. The Kier molecular flexibility index (Phi) is 3.80. The molecule has 1 aliphatic rings. The van der Waals surface area contributed by atoms with Gasteiger partial charge in [-0.3, -0.25) is 9.69 Å². The van der Waals surface area contributed by atoms with Crippen LogP contribution >= 0.6 is 0 Å². The van der Waals surface area contributed by atoms with E-state index in [2.05, 4.69) is 34.1 Å². The SMILES string of the molecule is CN(C)c1ccc(CN2CCCC2(C)C(=O)O)cc1. The van der Waals surface area contributed by atoms with Crippen LogP contribution in [-0.2, 0) is 11.3 Å². The Morgan fingerprint density at radius 3 is 2.53 bits per heavy atom. The molecule has 4 nitrogen and oxygen atoms in total. The lowest BCUT2D eigenvalue weighted by Crippen LogP contribution is -2.47. The molecule has 2 rings (SSSR count). The molecule has 0 aliphatic carbocycles. The molecule has 0 amide bonds. The van der Waals surface area contributed by atoms with Gasteiger partial charge in [-0.05, 0) is 44.0 Å². The van der Waals surface area contributed by atoms with Gasteiger partial charge >= 0.3 is 5.97 Å². The number of likely N-dealkylation sites (tertiary alicyclic amines) is 1. The summed E-state index contributed by atoms with van der Waals surface area (Å²) in [5.74, 6) is -0.713. The first kappa shape index (κ1) is 13.9. The van der Waals surface area contributed by atoms with E-state index in [9.17, 15) is 9.90 Å². The van der Waals surface area contributed by atoms with Crippen molar-refractivity contribution < 1.29 is 9.90 Å². The molecule has 1 unspecified atom stereocenters. The molecule has 1 atom stereocenters. The van der Waals surface area contributed by atoms with Crippen molar-refractivity contribution in [3.05, 3.63) is 29.8 Å². The maximum absolute atomic E-state index is 11.4. The van der Waals surface area contributed by atoms with Gasteiger partial charge in [-0.15, -0.1) is 0 Å². The topological polar surface area (TPSA) is 43.8 Å². The number of carboxylic acid groups (broad SMARTS) is 1. The fourth-order valence-corrected chi connectivity index (χ4v) is 2.63. The van der Waals surface area contributed by atoms with Crippen molar-refractivity contribution >= 4 is 11.7 Å². The largest absolute Gasteiger partial charge is 0.480 e. The maximum atomic E-state index is 11.4. The lowest BCUT2D eigenvalue weighted by molar-refractivity contribution is -0.148. The number of carboxylic acids is 1. The Morgan fingerprint density at radius 1 is 1.37 bits per heavy atom. The second kappa shape index (κ2) is 5.21. The molecule has 0 saturated carbocycles. The molecule has 1 aromatic rings. The van der Waals surface area contributed by atoms with Crippen molar-refractivity contribution in [2.75, 3.05) is 25.5 Å². The number of aliphatic carboxylic acids is 1. The van der Waals surface area contributed by atoms with Crippen LogP contribution in [0.3, 0.4) is 0 Å². The minimum Gasteiger partial charge on any atom is -0.480 e. The van der Waals surface area contributed by atoms with Gasteiger partial charge in [-0.1, -0.05) is 12.1 Å². The van der Waals surface area contributed by atoms with E-state index in [4.69, 9.17) is 0 Å². The summed E-state index contributed by atoms with van der Waals surface area (Å²) in [6.45, 7) is 3.39. The molecule has 0 spiro atoms. The molecule has 1 saturated heterocycles. The average molecular weight is 262 g/mol. The Morgan fingerprint density at radius 2 is 2.00 bits per heavy atom. The van der Waals surface area contributed by atoms with Gasteiger partial charge in [0.25, 0.3) is 0 Å². The first-order valence-corrected chi connectivity index (χ1v) is 6.68. The first-order chi connectivity index (χ1) is 8.93. The van der Waals surface area contributed by atoms with Crippen molar-refractivity contribution in [3.8, 4) is 0 Å². The molecule has 19 heavy (non-hydrogen) atoms. The van der Waals surface area contributed by atoms with Crippen LogP contribution in [0.4, 0.5) is 5.69 Å². The number of hydrogen-bond acceptors (Lipinski definition) is 3. The Bertz CT molecular complexity index is 456. The number of benzene rings is 1. The summed E-state index contributed by atoms with van der Waals surface area (Å²) in [7, 11) is 4.02. The quantitative estimate of drug-likeness (QED) is 0.903. The van der Waals surface area contributed by atoms with Gasteiger partial charge in [0, 0.05) is 26.3 Å². The van der Waals surface area contributed by atoms with Gasteiger partial charge in [0.1, 0.15) is 5.54 Å². The van der Waals surface area contributed by atoms with Gasteiger partial charge in [0.2, 0.25) is 0 Å². The molecule has 1 N–H and O–H groups in total. The smallest absolute Gasteiger partial charge is 0.323 e. The highest BCUT2D eigenvalue weighted by Crippen LogP contribution is 2.30. The summed E-state index contributed by atoms with van der Waals surface area (Å²) in [5.41, 5.74) is 1.62. The molecule has 1 aliphatic heterocycles. The highest BCUT2D eigenvalue weighted by molar-refractivity contribution is 5.78. The average Bonchev–Trinajstić information content (AvgIpc) is 2.73. The van der Waals surface area contributed by atoms with E-state index >= 15 is 0 Å². The van der Waals surface area contributed by atoms with Crippen LogP contribution in [0.2, 0.25) is 0 Å². The Hall–Kier alpha value is -1.55. The van der Waals surface area contributed by atoms with Gasteiger partial charge in [-0.2, -0.15) is 0 Å². The van der Waals surface area contributed by atoms with Crippen LogP contribution in [0.15, 0.2) is 24.3 Å². The van der Waals surface area contributed by atoms with Crippen molar-refractivity contribution in [1.29, 1.82) is 0 Å². The van der Waals surface area contributed by atoms with E-state index in [0.29, 0.717) is 6.54 Å². The summed E-state index contributed by atoms with van der Waals surface area (Å²) < 4.78 is 0. The normalized spacial score (nSPS) is 23.5. The van der Waals surface area contributed by atoms with E-state index < -0.39 is 11.5 Å². The maximum Gasteiger partial charge on any atom is 0.323 e. The minimum absolute atomic E-state index is 0.705. The zero-order valence-electron chi connectivity index (χ0n) is 11.9. The Balaban J connectivity index is 2.10. The summed E-state index contributed by atoms with van der Waals surface area (Å²) in [6, 6.07) is 8.30. The summed E-state index contributed by atoms with van der Waals surface area (Å²) >= 11 is 0. The predicted molar refractivity (Wildman–Crippen MR) is 76.5 cm³/mol. The monoisotopic (exact) mass is 262 g/mol. The van der Waals surface area contributed by atoms with E-state index in [1.54, 1.807) is 0 Å². The molecule has 1 fully saturated rings. The van der Waals surface area contributed by atoms with Gasteiger partial charge in [0.15, 0.2) is 0 Å². The number of carbonyl (C=O) groups is 1. The third kappa shape index (κ3) is 2.73. The zero-order chi connectivity index (χ0) is 14.0. The van der Waals surface area contributed by atoms with Crippen LogP contribution in [0, 0.1) is 0 Å². The second-order valence-electron chi connectivity index (χ2n) is 5.66. The van der Waals surface area contributed by atoms with E-state index in [0.717, 1.165) is 25.1 Å². The number of hydrogen-bond donors (Lipinski definition) is 1. The summed E-state index contributed by atoms with van der Waals surface area (Å²) in [6.07, 6.45) is 1.69. The van der Waals surface area contributed by atoms with Crippen LogP contribution in [-0.4, -0.2) is 42.2 Å². The van der Waals surface area contributed by atoms with Crippen LogP contribution < -0.4 is 4.90 Å². The molecule has 0 aromatic heterocycles. The fraction of sp³-hybridized carbons (Fsp3) is 0.533. The highest BCUT2D eigenvalue weighted by Gasteiger charge is 2.42. The van der Waals surface area contributed by atoms with E-state index in [1.165, 1.54) is 5.56 Å². The minimum atomic E-state index is -0.713. The number of nitrogens with zero attached hydrogens (tertiary/aromatic N) is 2. The molecular formula is C15H22N2O2. The van der Waals surface area contributed by atoms with E-state index in [1.807, 2.05) is 21.0 Å². The molecular weight excluding hydrogens is 240 g/mol. The number of anilines is 1. The van der Waals surface area contributed by atoms with Crippen LogP contribution in [0.1, 0.15) is 25.3 Å². The summed E-state index contributed by atoms with van der Waals surface area (Å²) in [4.78, 5) is 15.5. The molecule has 0 bridgehead atoms. The summed E-state index contributed by atoms with van der Waals surface area (Å²) in [5, 5.41) is 9.39. The third-order valence-electron chi connectivity index (χ3n) is 4.08. The lowest BCUT2D eigenvalue weighted by Gasteiger charge is -2.31. The predicted octanol–water partition coefficient (Wildman–Crippen LogP) is 2.19. The van der Waals surface area contributed by atoms with Crippen LogP contribution in [0.5, 0.6) is 0 Å². The standard InChI is InChI=1S/C15H22N2O2/c1-15(14(18)19)9-4-10-17(15)11-12-5-7-13(8-6-12)16(2)3/h5-8H,4,9-11H2,1-3H3,(H,18,19). The number of rotatable bonds is 4. The lowest BCUT2D eigenvalue weighted by atomic mass is 9.99. The molecule has 0 radical (unpaired) electrons. The van der Waals surface area contributed by atoms with Gasteiger partial charge < -0.3 is 10.0 Å². The second-order valence-corrected chi connectivity index (χ2v) is 5.66. The van der Waals surface area contributed by atoms with Gasteiger partial charge in [-0.25, -0.2) is 0 Å². The molecule has 1 aromatic carbocycles. The van der Waals surface area contributed by atoms with Crippen molar-refractivity contribution in [2.24, 2.45) is 0 Å². The van der Waals surface area contributed by atoms with Crippen LogP contribution in [0.25, 0.3) is 0 Å². The first-order valence-electron chi connectivity index (χ1n) is 6.68. The molecule has 4 heteroatoms. The molecule has 104 valence electrons. The van der Waals surface area contributed by atoms with Gasteiger partial charge in [0.05, 0.1) is 0 Å². The third-order valence-corrected chi connectivity index (χ3v) is 4.08. The van der Waals surface area contributed by atoms with E-state index in [-0.39, 0.29) is 0 Å².